The number of ether oxygens (including phenoxy) is 1. The summed E-state index contributed by atoms with van der Waals surface area (Å²) in [5.41, 5.74) is 0. The molecule has 1 fully saturated rings. The van der Waals surface area contributed by atoms with E-state index in [1.54, 1.807) is 0 Å². The third-order valence-corrected chi connectivity index (χ3v) is 1.09. The Morgan fingerprint density at radius 3 is 1.89 bits per heavy atom. The van der Waals surface area contributed by atoms with Crippen LogP contribution in [-0.2, 0) is 14.5 Å². The molecule has 1 aliphatic heterocycles. The van der Waals surface area contributed by atoms with Crippen molar-refractivity contribution in [1.29, 1.82) is 0 Å². The SMILES string of the molecule is CC1COCC(C)OO1. The van der Waals surface area contributed by atoms with E-state index in [2.05, 4.69) is 0 Å². The summed E-state index contributed by atoms with van der Waals surface area (Å²) >= 11 is 0. The summed E-state index contributed by atoms with van der Waals surface area (Å²) in [6, 6.07) is 0. The van der Waals surface area contributed by atoms with E-state index in [4.69, 9.17) is 14.5 Å². The lowest BCUT2D eigenvalue weighted by atomic mass is 10.4. The molecular formula is C6H12O3. The molecule has 1 rings (SSSR count). The van der Waals surface area contributed by atoms with Gasteiger partial charge in [0.15, 0.2) is 0 Å². The maximum atomic E-state index is 5.17. The molecule has 0 aromatic carbocycles. The predicted molar refractivity (Wildman–Crippen MR) is 31.9 cm³/mol. The number of hydrogen-bond donors (Lipinski definition) is 0. The molecule has 2 unspecified atom stereocenters. The summed E-state index contributed by atoms with van der Waals surface area (Å²) in [6.07, 6.45) is 0.130. The van der Waals surface area contributed by atoms with E-state index in [1.807, 2.05) is 13.8 Å². The van der Waals surface area contributed by atoms with E-state index in [0.717, 1.165) is 0 Å². The average Bonchev–Trinajstić information content (AvgIpc) is 1.97. The Balaban J connectivity index is 2.25. The Morgan fingerprint density at radius 1 is 1.00 bits per heavy atom. The third-order valence-electron chi connectivity index (χ3n) is 1.09. The van der Waals surface area contributed by atoms with Crippen LogP contribution in [0.15, 0.2) is 0 Å². The third kappa shape index (κ3) is 2.30. The summed E-state index contributed by atoms with van der Waals surface area (Å²) in [7, 11) is 0. The molecule has 2 atom stereocenters. The molecule has 0 aliphatic carbocycles. The van der Waals surface area contributed by atoms with Crippen LogP contribution in [0.3, 0.4) is 0 Å². The number of rotatable bonds is 0. The largest absolute Gasteiger partial charge is 0.376 e. The second kappa shape index (κ2) is 3.15. The van der Waals surface area contributed by atoms with Crippen LogP contribution >= 0.6 is 0 Å². The van der Waals surface area contributed by atoms with Crippen LogP contribution in [0.1, 0.15) is 13.8 Å². The highest BCUT2D eigenvalue weighted by atomic mass is 17.2. The zero-order valence-corrected chi connectivity index (χ0v) is 5.79. The van der Waals surface area contributed by atoms with Gasteiger partial charge in [-0.1, -0.05) is 0 Å². The van der Waals surface area contributed by atoms with Gasteiger partial charge in [-0.05, 0) is 13.8 Å². The average molecular weight is 132 g/mol. The Labute approximate surface area is 54.8 Å². The standard InChI is InChI=1S/C6H12O3/c1-5-3-7-4-6(2)9-8-5/h5-6H,3-4H2,1-2H3. The van der Waals surface area contributed by atoms with Crippen molar-refractivity contribution >= 4 is 0 Å². The fraction of sp³-hybridized carbons (Fsp3) is 1.00. The lowest BCUT2D eigenvalue weighted by molar-refractivity contribution is -0.333. The van der Waals surface area contributed by atoms with Gasteiger partial charge < -0.3 is 4.74 Å². The Bertz CT molecular complexity index is 74.4. The first-order valence-corrected chi connectivity index (χ1v) is 3.19. The molecule has 0 amide bonds. The van der Waals surface area contributed by atoms with Crippen molar-refractivity contribution in [2.75, 3.05) is 13.2 Å². The van der Waals surface area contributed by atoms with E-state index in [-0.39, 0.29) is 12.2 Å². The fourth-order valence-electron chi connectivity index (χ4n) is 0.645. The first-order valence-electron chi connectivity index (χ1n) is 3.19. The molecule has 0 radical (unpaired) electrons. The van der Waals surface area contributed by atoms with Crippen molar-refractivity contribution in [3.63, 3.8) is 0 Å². The van der Waals surface area contributed by atoms with Gasteiger partial charge in [0.05, 0.1) is 13.2 Å². The van der Waals surface area contributed by atoms with Gasteiger partial charge in [0, 0.05) is 0 Å². The van der Waals surface area contributed by atoms with E-state index in [0.29, 0.717) is 13.2 Å². The molecule has 3 heteroatoms. The minimum atomic E-state index is 0.0648. The van der Waals surface area contributed by atoms with Crippen molar-refractivity contribution < 1.29 is 14.5 Å². The molecule has 1 heterocycles. The maximum Gasteiger partial charge on any atom is 0.113 e. The quantitative estimate of drug-likeness (QED) is 0.455. The van der Waals surface area contributed by atoms with Gasteiger partial charge >= 0.3 is 0 Å². The lowest BCUT2D eigenvalue weighted by Gasteiger charge is -2.06. The first-order chi connectivity index (χ1) is 4.29. The van der Waals surface area contributed by atoms with E-state index in [9.17, 15) is 0 Å². The van der Waals surface area contributed by atoms with Gasteiger partial charge in [-0.3, -0.25) is 0 Å². The second-order valence-electron chi connectivity index (χ2n) is 2.35. The van der Waals surface area contributed by atoms with E-state index < -0.39 is 0 Å². The van der Waals surface area contributed by atoms with Crippen molar-refractivity contribution in [2.45, 2.75) is 26.1 Å². The van der Waals surface area contributed by atoms with E-state index >= 15 is 0 Å². The van der Waals surface area contributed by atoms with Crippen molar-refractivity contribution in [1.82, 2.24) is 0 Å². The van der Waals surface area contributed by atoms with Gasteiger partial charge in [0.25, 0.3) is 0 Å². The highest BCUT2D eigenvalue weighted by Gasteiger charge is 2.13. The molecular weight excluding hydrogens is 120 g/mol. The molecule has 9 heavy (non-hydrogen) atoms. The monoisotopic (exact) mass is 132 g/mol. The van der Waals surface area contributed by atoms with Crippen LogP contribution in [-0.4, -0.2) is 25.4 Å². The minimum absolute atomic E-state index is 0.0648. The predicted octanol–water partition coefficient (Wildman–Crippen LogP) is 0.742. The molecule has 0 aromatic rings. The molecule has 1 aliphatic rings. The summed E-state index contributed by atoms with van der Waals surface area (Å²) in [5.74, 6) is 0. The zero-order chi connectivity index (χ0) is 6.69. The molecule has 0 spiro atoms. The lowest BCUT2D eigenvalue weighted by Crippen LogP contribution is -2.12. The van der Waals surface area contributed by atoms with Gasteiger partial charge in [-0.25, -0.2) is 9.78 Å². The summed E-state index contributed by atoms with van der Waals surface area (Å²) in [4.78, 5) is 9.78. The molecule has 0 N–H and O–H groups in total. The summed E-state index contributed by atoms with van der Waals surface area (Å²) in [5, 5.41) is 0. The van der Waals surface area contributed by atoms with Crippen LogP contribution in [0, 0.1) is 0 Å². The smallest absolute Gasteiger partial charge is 0.113 e. The first kappa shape index (κ1) is 6.99. The maximum absolute atomic E-state index is 5.17. The molecule has 0 bridgehead atoms. The van der Waals surface area contributed by atoms with Crippen LogP contribution in [0.4, 0.5) is 0 Å². The van der Waals surface area contributed by atoms with Gasteiger partial charge in [-0.2, -0.15) is 0 Å². The topological polar surface area (TPSA) is 27.7 Å². The zero-order valence-electron chi connectivity index (χ0n) is 5.79. The van der Waals surface area contributed by atoms with Crippen LogP contribution in [0.25, 0.3) is 0 Å². The van der Waals surface area contributed by atoms with Crippen LogP contribution < -0.4 is 0 Å². The summed E-state index contributed by atoms with van der Waals surface area (Å²) < 4.78 is 5.17. The highest BCUT2D eigenvalue weighted by Crippen LogP contribution is 2.03. The molecule has 0 aromatic heterocycles. The van der Waals surface area contributed by atoms with Gasteiger partial charge in [0.2, 0.25) is 0 Å². The molecule has 3 nitrogen and oxygen atoms in total. The van der Waals surface area contributed by atoms with Crippen molar-refractivity contribution in [3.05, 3.63) is 0 Å². The van der Waals surface area contributed by atoms with Crippen LogP contribution in [0.2, 0.25) is 0 Å². The fourth-order valence-corrected chi connectivity index (χ4v) is 0.645. The van der Waals surface area contributed by atoms with E-state index in [1.165, 1.54) is 0 Å². The minimum Gasteiger partial charge on any atom is -0.376 e. The Hall–Kier alpha value is -0.120. The highest BCUT2D eigenvalue weighted by molar-refractivity contribution is 4.51. The molecule has 54 valence electrons. The van der Waals surface area contributed by atoms with Gasteiger partial charge in [0.1, 0.15) is 12.2 Å². The Kier molecular flexibility index (Phi) is 2.45. The Morgan fingerprint density at radius 2 is 1.44 bits per heavy atom. The normalized spacial score (nSPS) is 38.0. The van der Waals surface area contributed by atoms with Crippen LogP contribution in [0.5, 0.6) is 0 Å². The second-order valence-corrected chi connectivity index (χ2v) is 2.35. The van der Waals surface area contributed by atoms with Gasteiger partial charge in [-0.15, -0.1) is 0 Å². The van der Waals surface area contributed by atoms with Crippen molar-refractivity contribution in [2.24, 2.45) is 0 Å². The van der Waals surface area contributed by atoms with Crippen molar-refractivity contribution in [3.8, 4) is 0 Å². The number of hydrogen-bond acceptors (Lipinski definition) is 3. The summed E-state index contributed by atoms with van der Waals surface area (Å²) in [6.45, 7) is 5.09. The molecule has 1 saturated heterocycles. The molecule has 0 saturated carbocycles.